The van der Waals surface area contributed by atoms with Gasteiger partial charge in [0, 0.05) is 12.1 Å². The number of nitrogens with zero attached hydrogens (tertiary/aromatic N) is 2. The van der Waals surface area contributed by atoms with Crippen LogP contribution >= 0.6 is 0 Å². The van der Waals surface area contributed by atoms with E-state index in [1.807, 2.05) is 25.7 Å². The molecule has 1 aromatic rings. The van der Waals surface area contributed by atoms with E-state index in [4.69, 9.17) is 9.26 Å². The third-order valence-electron chi connectivity index (χ3n) is 3.20. The fourth-order valence-electron chi connectivity index (χ4n) is 2.10. The van der Waals surface area contributed by atoms with E-state index in [1.54, 1.807) is 0 Å². The highest BCUT2D eigenvalue weighted by molar-refractivity contribution is 5.79. The van der Waals surface area contributed by atoms with E-state index in [9.17, 15) is 4.79 Å². The van der Waals surface area contributed by atoms with Gasteiger partial charge in [-0.3, -0.25) is 4.79 Å². The molecule has 17 heavy (non-hydrogen) atoms. The molecule has 0 spiro atoms. The summed E-state index contributed by atoms with van der Waals surface area (Å²) >= 11 is 0. The third-order valence-corrected chi connectivity index (χ3v) is 3.20. The first-order valence-corrected chi connectivity index (χ1v) is 5.88. The Morgan fingerprint density at radius 2 is 2.29 bits per heavy atom. The number of morpholine rings is 1. The molecular formula is C12H18N2O3. The summed E-state index contributed by atoms with van der Waals surface area (Å²) in [6.45, 7) is 7.62. The molecule has 0 aliphatic carbocycles. The Morgan fingerprint density at radius 3 is 2.88 bits per heavy atom. The van der Waals surface area contributed by atoms with Gasteiger partial charge < -0.3 is 14.2 Å². The Hall–Kier alpha value is -1.36. The lowest BCUT2D eigenvalue weighted by Gasteiger charge is -2.33. The van der Waals surface area contributed by atoms with Gasteiger partial charge in [-0.05, 0) is 20.8 Å². The zero-order valence-electron chi connectivity index (χ0n) is 10.5. The van der Waals surface area contributed by atoms with Crippen LogP contribution in [0, 0.1) is 13.8 Å². The second-order valence-electron chi connectivity index (χ2n) is 4.49. The molecule has 1 atom stereocenters. The molecule has 0 unspecified atom stereocenters. The largest absolute Gasteiger partial charge is 0.377 e. The van der Waals surface area contributed by atoms with Crippen molar-refractivity contribution in [2.75, 3.05) is 19.8 Å². The van der Waals surface area contributed by atoms with Crippen molar-refractivity contribution >= 4 is 5.91 Å². The van der Waals surface area contributed by atoms with E-state index in [0.29, 0.717) is 26.2 Å². The molecule has 5 heteroatoms. The summed E-state index contributed by atoms with van der Waals surface area (Å²) in [5, 5.41) is 3.86. The van der Waals surface area contributed by atoms with Crippen LogP contribution in [0.5, 0.6) is 0 Å². The number of amides is 1. The van der Waals surface area contributed by atoms with Gasteiger partial charge in [-0.1, -0.05) is 5.16 Å². The fourth-order valence-corrected chi connectivity index (χ4v) is 2.10. The number of aryl methyl sites for hydroxylation is 2. The normalized spacial score (nSPS) is 20.6. The molecular weight excluding hydrogens is 220 g/mol. The van der Waals surface area contributed by atoms with Crippen molar-refractivity contribution < 1.29 is 14.1 Å². The number of rotatable bonds is 2. The van der Waals surface area contributed by atoms with Gasteiger partial charge in [-0.15, -0.1) is 0 Å². The highest BCUT2D eigenvalue weighted by Gasteiger charge is 2.25. The summed E-state index contributed by atoms with van der Waals surface area (Å²) in [7, 11) is 0. The Balaban J connectivity index is 2.06. The van der Waals surface area contributed by atoms with Crippen LogP contribution < -0.4 is 0 Å². The van der Waals surface area contributed by atoms with Crippen molar-refractivity contribution in [3.05, 3.63) is 17.0 Å². The molecule has 5 nitrogen and oxygen atoms in total. The van der Waals surface area contributed by atoms with Crippen LogP contribution in [0.3, 0.4) is 0 Å². The first kappa shape index (κ1) is 12.1. The van der Waals surface area contributed by atoms with Crippen molar-refractivity contribution in [3.8, 4) is 0 Å². The first-order chi connectivity index (χ1) is 8.09. The Kier molecular flexibility index (Phi) is 3.47. The minimum Gasteiger partial charge on any atom is -0.377 e. The van der Waals surface area contributed by atoms with Gasteiger partial charge in [0.15, 0.2) is 0 Å². The van der Waals surface area contributed by atoms with E-state index in [1.165, 1.54) is 0 Å². The molecule has 0 bridgehead atoms. The minimum absolute atomic E-state index is 0.121. The third kappa shape index (κ3) is 2.49. The lowest BCUT2D eigenvalue weighted by molar-refractivity contribution is -0.138. The summed E-state index contributed by atoms with van der Waals surface area (Å²) in [6.07, 6.45) is 0.367. The van der Waals surface area contributed by atoms with E-state index in [0.717, 1.165) is 17.0 Å². The molecule has 1 aliphatic rings. The van der Waals surface area contributed by atoms with Crippen molar-refractivity contribution in [2.45, 2.75) is 33.2 Å². The zero-order valence-corrected chi connectivity index (χ0v) is 10.5. The van der Waals surface area contributed by atoms with Crippen LogP contribution in [-0.2, 0) is 16.0 Å². The first-order valence-electron chi connectivity index (χ1n) is 5.88. The van der Waals surface area contributed by atoms with Crippen molar-refractivity contribution in [3.63, 3.8) is 0 Å². The second-order valence-corrected chi connectivity index (χ2v) is 4.49. The van der Waals surface area contributed by atoms with Crippen LogP contribution in [0.4, 0.5) is 0 Å². The summed E-state index contributed by atoms with van der Waals surface area (Å²) < 4.78 is 10.4. The van der Waals surface area contributed by atoms with E-state index < -0.39 is 0 Å². The molecule has 1 aromatic heterocycles. The Bertz CT molecular complexity index is 394. The van der Waals surface area contributed by atoms with Gasteiger partial charge in [-0.25, -0.2) is 0 Å². The van der Waals surface area contributed by atoms with Crippen LogP contribution in [-0.4, -0.2) is 41.8 Å². The highest BCUT2D eigenvalue weighted by Crippen LogP contribution is 2.16. The van der Waals surface area contributed by atoms with E-state index in [-0.39, 0.29) is 11.9 Å². The van der Waals surface area contributed by atoms with Crippen LogP contribution in [0.15, 0.2) is 4.52 Å². The van der Waals surface area contributed by atoms with Gasteiger partial charge in [0.1, 0.15) is 5.76 Å². The maximum Gasteiger partial charge on any atom is 0.227 e. The molecule has 0 N–H and O–H groups in total. The summed E-state index contributed by atoms with van der Waals surface area (Å²) in [5.41, 5.74) is 1.71. The molecule has 2 rings (SSSR count). The quantitative estimate of drug-likeness (QED) is 0.773. The van der Waals surface area contributed by atoms with Gasteiger partial charge in [-0.2, -0.15) is 0 Å². The van der Waals surface area contributed by atoms with Gasteiger partial charge in [0.25, 0.3) is 0 Å². The maximum absolute atomic E-state index is 12.2. The van der Waals surface area contributed by atoms with E-state index in [2.05, 4.69) is 5.16 Å². The molecule has 0 radical (unpaired) electrons. The number of carbonyl (C=O) groups is 1. The second kappa shape index (κ2) is 4.87. The van der Waals surface area contributed by atoms with Crippen LogP contribution in [0.1, 0.15) is 23.9 Å². The molecule has 1 saturated heterocycles. The lowest BCUT2D eigenvalue weighted by Crippen LogP contribution is -2.47. The van der Waals surface area contributed by atoms with Gasteiger partial charge >= 0.3 is 0 Å². The van der Waals surface area contributed by atoms with E-state index >= 15 is 0 Å². The SMILES string of the molecule is Cc1noc(C)c1CC(=O)N1CCOC[C@@H]1C. The molecule has 0 saturated carbocycles. The molecule has 1 amide bonds. The smallest absolute Gasteiger partial charge is 0.227 e. The molecule has 0 aromatic carbocycles. The standard InChI is InChI=1S/C12H18N2O3/c1-8-7-16-5-4-14(8)12(15)6-11-9(2)13-17-10(11)3/h8H,4-7H2,1-3H3/t8-/m0/s1. The predicted molar refractivity (Wildman–Crippen MR) is 61.7 cm³/mol. The molecule has 2 heterocycles. The summed E-state index contributed by atoms with van der Waals surface area (Å²) in [4.78, 5) is 14.1. The van der Waals surface area contributed by atoms with Crippen molar-refractivity contribution in [1.82, 2.24) is 10.1 Å². The zero-order chi connectivity index (χ0) is 12.4. The minimum atomic E-state index is 0.121. The average molecular weight is 238 g/mol. The topological polar surface area (TPSA) is 55.6 Å². The molecule has 94 valence electrons. The Morgan fingerprint density at radius 1 is 1.53 bits per heavy atom. The van der Waals surface area contributed by atoms with Crippen molar-refractivity contribution in [1.29, 1.82) is 0 Å². The molecule has 1 aliphatic heterocycles. The number of hydrogen-bond acceptors (Lipinski definition) is 4. The average Bonchev–Trinajstić information content (AvgIpc) is 2.61. The highest BCUT2D eigenvalue weighted by atomic mass is 16.5. The van der Waals surface area contributed by atoms with Gasteiger partial charge in [0.2, 0.25) is 5.91 Å². The number of hydrogen-bond donors (Lipinski definition) is 0. The predicted octanol–water partition coefficient (Wildman–Crippen LogP) is 1.08. The number of ether oxygens (including phenoxy) is 1. The monoisotopic (exact) mass is 238 g/mol. The summed E-state index contributed by atoms with van der Waals surface area (Å²) in [6, 6.07) is 0.150. The van der Waals surface area contributed by atoms with Gasteiger partial charge in [0.05, 0.1) is 31.4 Å². The molecule has 1 fully saturated rings. The fraction of sp³-hybridized carbons (Fsp3) is 0.667. The number of aromatic nitrogens is 1. The lowest BCUT2D eigenvalue weighted by atomic mass is 10.1. The summed E-state index contributed by atoms with van der Waals surface area (Å²) in [5.74, 6) is 0.854. The Labute approximate surface area is 101 Å². The van der Waals surface area contributed by atoms with Crippen molar-refractivity contribution in [2.24, 2.45) is 0 Å². The maximum atomic E-state index is 12.2. The van der Waals surface area contributed by atoms with Crippen LogP contribution in [0.25, 0.3) is 0 Å². The van der Waals surface area contributed by atoms with Crippen LogP contribution in [0.2, 0.25) is 0 Å². The number of carbonyl (C=O) groups excluding carboxylic acids is 1.